The molecule has 1 aliphatic rings. The third kappa shape index (κ3) is 3.54. The zero-order chi connectivity index (χ0) is 22.4. The summed E-state index contributed by atoms with van der Waals surface area (Å²) in [6, 6.07) is 36.8. The standard InChI is InChI=1S/C30H25BO2/c1-30(2)20-32-31(33-30)23-18-16-22(17-19-23)29-26-14-8-6-12-24(26)28(21-10-4-3-5-11-21)25-13-7-9-15-27(25)29/h3-19H,20H2,1-2H3. The first-order chi connectivity index (χ1) is 16.1. The van der Waals surface area contributed by atoms with Crippen LogP contribution in [0.4, 0.5) is 0 Å². The molecule has 0 amide bonds. The minimum Gasteiger partial charge on any atom is -0.404 e. The number of hydrogen-bond acceptors (Lipinski definition) is 2. The van der Waals surface area contributed by atoms with E-state index in [1.807, 2.05) is 0 Å². The highest BCUT2D eigenvalue weighted by molar-refractivity contribution is 6.61. The smallest absolute Gasteiger partial charge is 0.404 e. The van der Waals surface area contributed by atoms with E-state index in [0.29, 0.717) is 6.61 Å². The molecule has 0 saturated carbocycles. The average molecular weight is 428 g/mol. The molecular weight excluding hydrogens is 403 g/mol. The van der Waals surface area contributed by atoms with E-state index in [0.717, 1.165) is 5.46 Å². The van der Waals surface area contributed by atoms with Gasteiger partial charge in [-0.3, -0.25) is 0 Å². The minimum absolute atomic E-state index is 0.247. The highest BCUT2D eigenvalue weighted by atomic mass is 16.7. The lowest BCUT2D eigenvalue weighted by Gasteiger charge is -2.18. The summed E-state index contributed by atoms with van der Waals surface area (Å²) >= 11 is 0. The molecule has 6 rings (SSSR count). The summed E-state index contributed by atoms with van der Waals surface area (Å²) in [4.78, 5) is 0. The lowest BCUT2D eigenvalue weighted by molar-refractivity contribution is 0.137. The quantitative estimate of drug-likeness (QED) is 0.231. The Hall–Kier alpha value is -3.40. The summed E-state index contributed by atoms with van der Waals surface area (Å²) in [6.07, 6.45) is 0. The Balaban J connectivity index is 1.57. The van der Waals surface area contributed by atoms with Crippen molar-refractivity contribution in [1.82, 2.24) is 0 Å². The van der Waals surface area contributed by atoms with Gasteiger partial charge >= 0.3 is 7.12 Å². The second kappa shape index (κ2) is 7.88. The van der Waals surface area contributed by atoms with Crippen molar-refractivity contribution in [2.45, 2.75) is 19.4 Å². The van der Waals surface area contributed by atoms with Crippen molar-refractivity contribution in [2.24, 2.45) is 0 Å². The summed E-state index contributed by atoms with van der Waals surface area (Å²) in [7, 11) is -0.303. The maximum atomic E-state index is 6.06. The molecule has 0 spiro atoms. The molecule has 0 bridgehead atoms. The van der Waals surface area contributed by atoms with E-state index in [1.54, 1.807) is 0 Å². The third-order valence-electron chi connectivity index (χ3n) is 6.47. The Morgan fingerprint density at radius 2 is 1.03 bits per heavy atom. The molecule has 5 aromatic carbocycles. The van der Waals surface area contributed by atoms with Crippen LogP contribution in [0.1, 0.15) is 13.8 Å². The van der Waals surface area contributed by atoms with E-state index in [2.05, 4.69) is 117 Å². The fourth-order valence-corrected chi connectivity index (χ4v) is 4.96. The van der Waals surface area contributed by atoms with E-state index >= 15 is 0 Å². The number of rotatable bonds is 3. The monoisotopic (exact) mass is 428 g/mol. The SMILES string of the molecule is CC1(C)COB(c2ccc(-c3c4ccccc4c(-c4ccccc4)c4ccccc34)cc2)O1. The van der Waals surface area contributed by atoms with Gasteiger partial charge in [0.1, 0.15) is 0 Å². The van der Waals surface area contributed by atoms with Crippen molar-refractivity contribution in [1.29, 1.82) is 0 Å². The second-order valence-corrected chi connectivity index (χ2v) is 9.35. The van der Waals surface area contributed by atoms with Crippen molar-refractivity contribution >= 4 is 34.1 Å². The summed E-state index contributed by atoms with van der Waals surface area (Å²) in [5.74, 6) is 0. The summed E-state index contributed by atoms with van der Waals surface area (Å²) in [6.45, 7) is 4.73. The second-order valence-electron chi connectivity index (χ2n) is 9.35. The van der Waals surface area contributed by atoms with Crippen LogP contribution in [0.5, 0.6) is 0 Å². The first-order valence-electron chi connectivity index (χ1n) is 11.5. The van der Waals surface area contributed by atoms with Crippen LogP contribution in [0.2, 0.25) is 0 Å². The Morgan fingerprint density at radius 3 is 1.48 bits per heavy atom. The Bertz CT molecular complexity index is 1400. The van der Waals surface area contributed by atoms with Gasteiger partial charge in [0, 0.05) is 0 Å². The van der Waals surface area contributed by atoms with Crippen LogP contribution < -0.4 is 5.46 Å². The van der Waals surface area contributed by atoms with Crippen LogP contribution in [-0.4, -0.2) is 19.3 Å². The zero-order valence-electron chi connectivity index (χ0n) is 18.9. The van der Waals surface area contributed by atoms with Crippen molar-refractivity contribution in [3.05, 3.63) is 103 Å². The molecule has 3 heteroatoms. The molecule has 1 saturated heterocycles. The van der Waals surface area contributed by atoms with Gasteiger partial charge in [-0.2, -0.15) is 0 Å². The van der Waals surface area contributed by atoms with E-state index in [9.17, 15) is 0 Å². The van der Waals surface area contributed by atoms with Crippen LogP contribution >= 0.6 is 0 Å². The Kier molecular flexibility index (Phi) is 4.83. The predicted octanol–water partition coefficient (Wildman–Crippen LogP) is 6.85. The molecule has 0 N–H and O–H groups in total. The van der Waals surface area contributed by atoms with Crippen LogP contribution in [0.3, 0.4) is 0 Å². The van der Waals surface area contributed by atoms with Crippen molar-refractivity contribution in [2.75, 3.05) is 6.61 Å². The molecular formula is C30H25BO2. The van der Waals surface area contributed by atoms with E-state index in [4.69, 9.17) is 9.31 Å². The van der Waals surface area contributed by atoms with Gasteiger partial charge in [0.2, 0.25) is 0 Å². The molecule has 0 atom stereocenters. The summed E-state index contributed by atoms with van der Waals surface area (Å²) in [5, 5.41) is 5.06. The average Bonchev–Trinajstić information content (AvgIpc) is 3.22. The fourth-order valence-electron chi connectivity index (χ4n) is 4.96. The van der Waals surface area contributed by atoms with Gasteiger partial charge in [-0.1, -0.05) is 103 Å². The van der Waals surface area contributed by atoms with Gasteiger partial charge in [0.25, 0.3) is 0 Å². The molecule has 0 radical (unpaired) electrons. The third-order valence-corrected chi connectivity index (χ3v) is 6.47. The van der Waals surface area contributed by atoms with Gasteiger partial charge in [0.15, 0.2) is 0 Å². The molecule has 2 nitrogen and oxygen atoms in total. The fraction of sp³-hybridized carbons (Fsp3) is 0.133. The highest BCUT2D eigenvalue weighted by Crippen LogP contribution is 2.43. The largest absolute Gasteiger partial charge is 0.494 e. The number of fused-ring (bicyclic) bond motifs is 2. The van der Waals surface area contributed by atoms with Crippen LogP contribution in [0.15, 0.2) is 103 Å². The molecule has 5 aromatic rings. The van der Waals surface area contributed by atoms with E-state index in [1.165, 1.54) is 43.8 Å². The molecule has 0 unspecified atom stereocenters. The van der Waals surface area contributed by atoms with Gasteiger partial charge in [0.05, 0.1) is 12.2 Å². The predicted molar refractivity (Wildman–Crippen MR) is 139 cm³/mol. The molecule has 160 valence electrons. The van der Waals surface area contributed by atoms with Crippen molar-refractivity contribution < 1.29 is 9.31 Å². The Labute approximate surface area is 194 Å². The molecule has 33 heavy (non-hydrogen) atoms. The lowest BCUT2D eigenvalue weighted by Crippen LogP contribution is -2.34. The molecule has 0 aliphatic carbocycles. The number of benzene rings is 5. The maximum Gasteiger partial charge on any atom is 0.494 e. The van der Waals surface area contributed by atoms with Crippen LogP contribution in [0.25, 0.3) is 43.8 Å². The normalized spacial score (nSPS) is 15.4. The zero-order valence-corrected chi connectivity index (χ0v) is 18.9. The Morgan fingerprint density at radius 1 is 0.576 bits per heavy atom. The van der Waals surface area contributed by atoms with E-state index < -0.39 is 0 Å². The topological polar surface area (TPSA) is 18.5 Å². The molecule has 1 fully saturated rings. The summed E-state index contributed by atoms with van der Waals surface area (Å²) in [5.41, 5.74) is 5.80. The first-order valence-corrected chi connectivity index (χ1v) is 11.5. The maximum absolute atomic E-state index is 6.06. The van der Waals surface area contributed by atoms with Gasteiger partial charge in [-0.05, 0) is 63.1 Å². The van der Waals surface area contributed by atoms with Crippen LogP contribution in [-0.2, 0) is 9.31 Å². The first kappa shape index (κ1) is 20.2. The minimum atomic E-state index is -0.303. The number of hydrogen-bond donors (Lipinski definition) is 0. The molecule has 0 aromatic heterocycles. The van der Waals surface area contributed by atoms with Gasteiger partial charge in [-0.15, -0.1) is 0 Å². The molecule has 1 heterocycles. The van der Waals surface area contributed by atoms with Crippen LogP contribution in [0, 0.1) is 0 Å². The van der Waals surface area contributed by atoms with Gasteiger partial charge in [-0.25, -0.2) is 0 Å². The van der Waals surface area contributed by atoms with Gasteiger partial charge < -0.3 is 9.31 Å². The summed E-state index contributed by atoms with van der Waals surface area (Å²) < 4.78 is 11.9. The lowest BCUT2D eigenvalue weighted by atomic mass is 9.78. The van der Waals surface area contributed by atoms with Crippen molar-refractivity contribution in [3.8, 4) is 22.3 Å². The highest BCUT2D eigenvalue weighted by Gasteiger charge is 2.38. The van der Waals surface area contributed by atoms with E-state index in [-0.39, 0.29) is 12.7 Å². The van der Waals surface area contributed by atoms with Crippen molar-refractivity contribution in [3.63, 3.8) is 0 Å². The molecule has 1 aliphatic heterocycles.